The first-order chi connectivity index (χ1) is 8.59. The Balaban J connectivity index is 1.99. The summed E-state index contributed by atoms with van der Waals surface area (Å²) in [5.41, 5.74) is 3.58. The molecule has 0 spiro atoms. The number of benzene rings is 1. The normalized spacial score (nSPS) is 18.0. The molecular formula is C16H24O2. The number of rotatable bonds is 4. The lowest BCUT2D eigenvalue weighted by atomic mass is 10.0. The van der Waals surface area contributed by atoms with E-state index in [-0.39, 0.29) is 6.10 Å². The summed E-state index contributed by atoms with van der Waals surface area (Å²) in [6, 6.07) is 4.20. The van der Waals surface area contributed by atoms with Gasteiger partial charge in [-0.15, -0.1) is 0 Å². The number of aliphatic hydroxyl groups is 1. The van der Waals surface area contributed by atoms with E-state index in [2.05, 4.69) is 32.9 Å². The Morgan fingerprint density at radius 2 is 1.78 bits per heavy atom. The van der Waals surface area contributed by atoms with Gasteiger partial charge in [-0.2, -0.15) is 0 Å². The zero-order valence-electron chi connectivity index (χ0n) is 11.7. The summed E-state index contributed by atoms with van der Waals surface area (Å²) in [6.07, 6.45) is 4.49. The van der Waals surface area contributed by atoms with Crippen LogP contribution in [-0.2, 0) is 0 Å². The average Bonchev–Trinajstić information content (AvgIpc) is 2.87. The molecule has 2 heteroatoms. The molecule has 1 aliphatic carbocycles. The van der Waals surface area contributed by atoms with E-state index in [1.54, 1.807) is 0 Å². The maximum Gasteiger partial charge on any atom is 0.125 e. The van der Waals surface area contributed by atoms with E-state index < -0.39 is 0 Å². The van der Waals surface area contributed by atoms with Crippen LogP contribution in [0.25, 0.3) is 0 Å². The summed E-state index contributed by atoms with van der Waals surface area (Å²) in [6.45, 7) is 6.66. The highest BCUT2D eigenvalue weighted by Crippen LogP contribution is 2.30. The molecule has 1 aliphatic rings. The predicted octanol–water partition coefficient (Wildman–Crippen LogP) is 3.54. The third-order valence-electron chi connectivity index (χ3n) is 4.22. The highest BCUT2D eigenvalue weighted by atomic mass is 16.5. The molecule has 0 heterocycles. The van der Waals surface area contributed by atoms with E-state index in [4.69, 9.17) is 4.74 Å². The maximum atomic E-state index is 10.1. The molecule has 0 aromatic heterocycles. The van der Waals surface area contributed by atoms with E-state index in [0.717, 1.165) is 24.2 Å². The molecule has 2 nitrogen and oxygen atoms in total. The van der Waals surface area contributed by atoms with Crippen molar-refractivity contribution < 1.29 is 9.84 Å². The van der Waals surface area contributed by atoms with E-state index in [0.29, 0.717) is 12.5 Å². The molecule has 100 valence electrons. The van der Waals surface area contributed by atoms with Gasteiger partial charge in [-0.25, -0.2) is 0 Å². The summed E-state index contributed by atoms with van der Waals surface area (Å²) in [4.78, 5) is 0. The first-order valence-corrected chi connectivity index (χ1v) is 6.97. The number of aryl methyl sites for hydroxylation is 2. The third-order valence-corrected chi connectivity index (χ3v) is 4.22. The van der Waals surface area contributed by atoms with Crippen LogP contribution < -0.4 is 4.74 Å². The zero-order valence-corrected chi connectivity index (χ0v) is 11.7. The van der Waals surface area contributed by atoms with Gasteiger partial charge in [0.1, 0.15) is 12.4 Å². The fourth-order valence-corrected chi connectivity index (χ4v) is 2.79. The highest BCUT2D eigenvalue weighted by molar-refractivity contribution is 5.44. The molecule has 0 saturated heterocycles. The van der Waals surface area contributed by atoms with Gasteiger partial charge in [-0.1, -0.05) is 25.0 Å². The van der Waals surface area contributed by atoms with Crippen LogP contribution in [0, 0.1) is 26.7 Å². The second-order valence-electron chi connectivity index (χ2n) is 5.58. The molecule has 1 aromatic rings. The number of aliphatic hydroxyl groups excluding tert-OH is 1. The molecule has 1 unspecified atom stereocenters. The van der Waals surface area contributed by atoms with Crippen molar-refractivity contribution in [3.05, 3.63) is 28.8 Å². The fraction of sp³-hybridized carbons (Fsp3) is 0.625. The fourth-order valence-electron chi connectivity index (χ4n) is 2.79. The Morgan fingerprint density at radius 1 is 1.17 bits per heavy atom. The first kappa shape index (κ1) is 13.4. The molecule has 1 N–H and O–H groups in total. The maximum absolute atomic E-state index is 10.1. The Bertz CT molecular complexity index is 406. The lowest BCUT2D eigenvalue weighted by Gasteiger charge is -2.20. The van der Waals surface area contributed by atoms with Crippen LogP contribution >= 0.6 is 0 Å². The smallest absolute Gasteiger partial charge is 0.125 e. The number of ether oxygens (including phenoxy) is 1. The van der Waals surface area contributed by atoms with Gasteiger partial charge in [-0.05, 0) is 56.2 Å². The van der Waals surface area contributed by atoms with E-state index in [9.17, 15) is 5.11 Å². The first-order valence-electron chi connectivity index (χ1n) is 6.97. The van der Waals surface area contributed by atoms with Crippen molar-refractivity contribution in [3.63, 3.8) is 0 Å². The topological polar surface area (TPSA) is 29.5 Å². The third kappa shape index (κ3) is 2.86. The van der Waals surface area contributed by atoms with Gasteiger partial charge >= 0.3 is 0 Å². The molecule has 1 aromatic carbocycles. The molecule has 1 saturated carbocycles. The Morgan fingerprint density at radius 3 is 2.44 bits per heavy atom. The molecule has 1 fully saturated rings. The van der Waals surface area contributed by atoms with Gasteiger partial charge in [0.25, 0.3) is 0 Å². The molecule has 1 atom stereocenters. The van der Waals surface area contributed by atoms with Crippen LogP contribution in [0.2, 0.25) is 0 Å². The van der Waals surface area contributed by atoms with Crippen molar-refractivity contribution in [2.75, 3.05) is 6.61 Å². The van der Waals surface area contributed by atoms with Crippen LogP contribution in [-0.4, -0.2) is 17.8 Å². The van der Waals surface area contributed by atoms with Gasteiger partial charge in [0.15, 0.2) is 0 Å². The van der Waals surface area contributed by atoms with Gasteiger partial charge in [-0.3, -0.25) is 0 Å². The molecule has 0 amide bonds. The van der Waals surface area contributed by atoms with Crippen molar-refractivity contribution >= 4 is 0 Å². The molecule has 2 rings (SSSR count). The van der Waals surface area contributed by atoms with Crippen molar-refractivity contribution in [3.8, 4) is 5.75 Å². The summed E-state index contributed by atoms with van der Waals surface area (Å²) < 4.78 is 5.87. The minimum absolute atomic E-state index is 0.313. The highest BCUT2D eigenvalue weighted by Gasteiger charge is 2.23. The summed E-state index contributed by atoms with van der Waals surface area (Å²) in [7, 11) is 0. The molecule has 0 radical (unpaired) electrons. The van der Waals surface area contributed by atoms with Crippen molar-refractivity contribution in [1.29, 1.82) is 0 Å². The van der Waals surface area contributed by atoms with Crippen LogP contribution in [0.4, 0.5) is 0 Å². The number of hydrogen-bond acceptors (Lipinski definition) is 2. The average molecular weight is 248 g/mol. The Labute approximate surface area is 110 Å². The number of hydrogen-bond donors (Lipinski definition) is 1. The molecular weight excluding hydrogens is 224 g/mol. The minimum Gasteiger partial charge on any atom is -0.490 e. The van der Waals surface area contributed by atoms with Gasteiger partial charge in [0.2, 0.25) is 0 Å². The largest absolute Gasteiger partial charge is 0.490 e. The lowest BCUT2D eigenvalue weighted by molar-refractivity contribution is 0.0588. The van der Waals surface area contributed by atoms with Gasteiger partial charge in [0.05, 0.1) is 6.10 Å². The Kier molecular flexibility index (Phi) is 4.28. The second-order valence-corrected chi connectivity index (χ2v) is 5.58. The summed E-state index contributed by atoms with van der Waals surface area (Å²) in [5, 5.41) is 10.1. The molecule has 0 aliphatic heterocycles. The van der Waals surface area contributed by atoms with Crippen LogP contribution in [0.1, 0.15) is 42.4 Å². The van der Waals surface area contributed by atoms with Gasteiger partial charge in [0, 0.05) is 0 Å². The van der Waals surface area contributed by atoms with Gasteiger partial charge < -0.3 is 9.84 Å². The second kappa shape index (κ2) is 5.75. The predicted molar refractivity (Wildman–Crippen MR) is 74.1 cm³/mol. The zero-order chi connectivity index (χ0) is 13.1. The molecule has 18 heavy (non-hydrogen) atoms. The van der Waals surface area contributed by atoms with Crippen molar-refractivity contribution in [2.24, 2.45) is 5.92 Å². The van der Waals surface area contributed by atoms with Crippen molar-refractivity contribution in [2.45, 2.75) is 52.6 Å². The van der Waals surface area contributed by atoms with Crippen LogP contribution in [0.5, 0.6) is 5.75 Å². The standard InChI is InChI=1S/C16H24O2/c1-11-8-9-12(2)16(13(11)3)18-10-15(17)14-6-4-5-7-14/h8-9,14-15,17H,4-7,10H2,1-3H3. The van der Waals surface area contributed by atoms with E-state index >= 15 is 0 Å². The van der Waals surface area contributed by atoms with E-state index in [1.807, 2.05) is 0 Å². The molecule has 0 bridgehead atoms. The van der Waals surface area contributed by atoms with Crippen LogP contribution in [0.3, 0.4) is 0 Å². The monoisotopic (exact) mass is 248 g/mol. The van der Waals surface area contributed by atoms with Crippen molar-refractivity contribution in [1.82, 2.24) is 0 Å². The quantitative estimate of drug-likeness (QED) is 0.883. The summed E-state index contributed by atoms with van der Waals surface area (Å²) in [5.74, 6) is 1.39. The minimum atomic E-state index is -0.313. The van der Waals surface area contributed by atoms with Crippen LogP contribution in [0.15, 0.2) is 12.1 Å². The SMILES string of the molecule is Cc1ccc(C)c(OCC(O)C2CCCC2)c1C. The lowest BCUT2D eigenvalue weighted by Crippen LogP contribution is -2.25. The van der Waals surface area contributed by atoms with E-state index in [1.165, 1.54) is 24.0 Å². The summed E-state index contributed by atoms with van der Waals surface area (Å²) >= 11 is 0. The Hall–Kier alpha value is -1.02.